The number of carboxylic acids is 1. The van der Waals surface area contributed by atoms with Gasteiger partial charge in [0, 0.05) is 19.4 Å². The zero-order valence-electron chi connectivity index (χ0n) is 12.7. The summed E-state index contributed by atoms with van der Waals surface area (Å²) in [6.45, 7) is 4.52. The fourth-order valence-electron chi connectivity index (χ4n) is 2.19. The largest absolute Gasteiger partial charge is 0.481 e. The minimum atomic E-state index is -0.770. The number of hydrogen-bond donors (Lipinski definition) is 3. The molecule has 118 valence electrons. The van der Waals surface area contributed by atoms with Crippen molar-refractivity contribution in [3.05, 3.63) is 11.6 Å². The standard InChI is InChI=1S/C14H24N4O3/c1-3-5-10(6-7-12(19)20)8-9-15-14(21)13-16-11(4-2)17-18-13/h10H,3-9H2,1-2H3,(H,15,21)(H,19,20)(H,16,17,18). The van der Waals surface area contributed by atoms with E-state index in [2.05, 4.69) is 27.4 Å². The molecule has 0 saturated carbocycles. The lowest BCUT2D eigenvalue weighted by Gasteiger charge is -2.14. The fourth-order valence-corrected chi connectivity index (χ4v) is 2.19. The van der Waals surface area contributed by atoms with Crippen LogP contribution in [-0.4, -0.2) is 38.7 Å². The molecule has 1 heterocycles. The number of rotatable bonds is 10. The molecule has 0 bridgehead atoms. The number of H-pyrrole nitrogens is 1. The number of aryl methyl sites for hydroxylation is 1. The Hall–Kier alpha value is -1.92. The highest BCUT2D eigenvalue weighted by atomic mass is 16.4. The molecule has 0 aliphatic rings. The Labute approximate surface area is 124 Å². The quantitative estimate of drug-likeness (QED) is 0.610. The van der Waals surface area contributed by atoms with Gasteiger partial charge in [0.25, 0.3) is 5.91 Å². The lowest BCUT2D eigenvalue weighted by atomic mass is 9.94. The van der Waals surface area contributed by atoms with Crippen molar-refractivity contribution in [3.8, 4) is 0 Å². The van der Waals surface area contributed by atoms with E-state index in [-0.39, 0.29) is 18.2 Å². The predicted molar refractivity (Wildman–Crippen MR) is 78.0 cm³/mol. The first-order valence-corrected chi connectivity index (χ1v) is 7.48. The van der Waals surface area contributed by atoms with Crippen LogP contribution in [0.5, 0.6) is 0 Å². The van der Waals surface area contributed by atoms with Crippen LogP contribution in [0.15, 0.2) is 0 Å². The SMILES string of the molecule is CCCC(CCNC(=O)c1n[nH]c(CC)n1)CCC(=O)O. The van der Waals surface area contributed by atoms with E-state index in [4.69, 9.17) is 5.11 Å². The average Bonchev–Trinajstić information content (AvgIpc) is 2.93. The van der Waals surface area contributed by atoms with Crippen LogP contribution < -0.4 is 5.32 Å². The maximum atomic E-state index is 11.8. The number of carbonyl (C=O) groups is 2. The van der Waals surface area contributed by atoms with Gasteiger partial charge in [0.1, 0.15) is 5.82 Å². The number of amides is 1. The molecule has 1 aromatic rings. The highest BCUT2D eigenvalue weighted by molar-refractivity contribution is 5.90. The summed E-state index contributed by atoms with van der Waals surface area (Å²) in [5.41, 5.74) is 0. The topological polar surface area (TPSA) is 108 Å². The van der Waals surface area contributed by atoms with E-state index in [9.17, 15) is 9.59 Å². The Morgan fingerprint density at radius 3 is 2.62 bits per heavy atom. The molecular weight excluding hydrogens is 272 g/mol. The van der Waals surface area contributed by atoms with Gasteiger partial charge in [0.05, 0.1) is 0 Å². The normalized spacial score (nSPS) is 12.1. The monoisotopic (exact) mass is 296 g/mol. The van der Waals surface area contributed by atoms with Gasteiger partial charge in [0.15, 0.2) is 0 Å². The Morgan fingerprint density at radius 1 is 1.29 bits per heavy atom. The van der Waals surface area contributed by atoms with Gasteiger partial charge in [-0.1, -0.05) is 26.7 Å². The highest BCUT2D eigenvalue weighted by Gasteiger charge is 2.14. The molecule has 0 aliphatic carbocycles. The second kappa shape index (κ2) is 9.10. The van der Waals surface area contributed by atoms with Crippen LogP contribution in [0.3, 0.4) is 0 Å². The number of carboxylic acid groups (broad SMARTS) is 1. The summed E-state index contributed by atoms with van der Waals surface area (Å²) in [4.78, 5) is 26.5. The molecule has 1 rings (SSSR count). The van der Waals surface area contributed by atoms with Crippen LogP contribution in [0.2, 0.25) is 0 Å². The first-order chi connectivity index (χ1) is 10.1. The first-order valence-electron chi connectivity index (χ1n) is 7.48. The number of hydrogen-bond acceptors (Lipinski definition) is 4. The minimum absolute atomic E-state index is 0.157. The number of carbonyl (C=O) groups excluding carboxylic acids is 1. The number of aromatic amines is 1. The molecule has 7 heteroatoms. The van der Waals surface area contributed by atoms with Crippen molar-refractivity contribution in [1.29, 1.82) is 0 Å². The van der Waals surface area contributed by atoms with Gasteiger partial charge in [-0.2, -0.15) is 0 Å². The molecule has 1 aromatic heterocycles. The molecule has 7 nitrogen and oxygen atoms in total. The van der Waals surface area contributed by atoms with E-state index < -0.39 is 5.97 Å². The summed E-state index contributed by atoms with van der Waals surface area (Å²) in [6.07, 6.45) is 4.30. The van der Waals surface area contributed by atoms with Gasteiger partial charge in [-0.25, -0.2) is 4.98 Å². The van der Waals surface area contributed by atoms with Gasteiger partial charge in [-0.3, -0.25) is 14.7 Å². The molecule has 1 unspecified atom stereocenters. The molecule has 21 heavy (non-hydrogen) atoms. The summed E-state index contributed by atoms with van der Waals surface area (Å²) in [5.74, 6) is 0.104. The summed E-state index contributed by atoms with van der Waals surface area (Å²) >= 11 is 0. The molecule has 0 radical (unpaired) electrons. The second-order valence-electron chi connectivity index (χ2n) is 5.09. The van der Waals surface area contributed by atoms with Crippen molar-refractivity contribution in [1.82, 2.24) is 20.5 Å². The lowest BCUT2D eigenvalue weighted by Crippen LogP contribution is -2.27. The van der Waals surface area contributed by atoms with Crippen molar-refractivity contribution in [3.63, 3.8) is 0 Å². The number of nitrogens with one attached hydrogen (secondary N) is 2. The molecule has 3 N–H and O–H groups in total. The van der Waals surface area contributed by atoms with Gasteiger partial charge in [-0.15, -0.1) is 5.10 Å². The smallest absolute Gasteiger partial charge is 0.303 e. The van der Waals surface area contributed by atoms with Crippen LogP contribution >= 0.6 is 0 Å². The van der Waals surface area contributed by atoms with Crippen molar-refractivity contribution in [2.24, 2.45) is 5.92 Å². The summed E-state index contributed by atoms with van der Waals surface area (Å²) in [5, 5.41) is 18.1. The Morgan fingerprint density at radius 2 is 2.05 bits per heavy atom. The van der Waals surface area contributed by atoms with Crippen LogP contribution in [-0.2, 0) is 11.2 Å². The van der Waals surface area contributed by atoms with E-state index in [0.717, 1.165) is 19.3 Å². The van der Waals surface area contributed by atoms with Crippen LogP contribution in [0.4, 0.5) is 0 Å². The number of nitrogens with zero attached hydrogens (tertiary/aromatic N) is 2. The average molecular weight is 296 g/mol. The van der Waals surface area contributed by atoms with E-state index in [1.807, 2.05) is 6.92 Å². The van der Waals surface area contributed by atoms with E-state index >= 15 is 0 Å². The van der Waals surface area contributed by atoms with Gasteiger partial charge < -0.3 is 10.4 Å². The molecular formula is C14H24N4O3. The summed E-state index contributed by atoms with van der Waals surface area (Å²) in [6, 6.07) is 0. The lowest BCUT2D eigenvalue weighted by molar-refractivity contribution is -0.137. The third kappa shape index (κ3) is 6.37. The minimum Gasteiger partial charge on any atom is -0.481 e. The predicted octanol–water partition coefficient (Wildman–Crippen LogP) is 1.77. The highest BCUT2D eigenvalue weighted by Crippen LogP contribution is 2.17. The van der Waals surface area contributed by atoms with E-state index in [1.54, 1.807) is 0 Å². The molecule has 1 amide bonds. The van der Waals surface area contributed by atoms with Crippen LogP contribution in [0.1, 0.15) is 62.4 Å². The Kier molecular flexibility index (Phi) is 7.42. The van der Waals surface area contributed by atoms with Crippen molar-refractivity contribution in [2.45, 2.75) is 52.4 Å². The van der Waals surface area contributed by atoms with Crippen molar-refractivity contribution < 1.29 is 14.7 Å². The van der Waals surface area contributed by atoms with Crippen LogP contribution in [0.25, 0.3) is 0 Å². The molecule has 0 aromatic carbocycles. The van der Waals surface area contributed by atoms with Crippen molar-refractivity contribution >= 4 is 11.9 Å². The zero-order chi connectivity index (χ0) is 15.7. The van der Waals surface area contributed by atoms with Gasteiger partial charge in [-0.05, 0) is 18.8 Å². The molecule has 0 aliphatic heterocycles. The second-order valence-corrected chi connectivity index (χ2v) is 5.09. The maximum Gasteiger partial charge on any atom is 0.303 e. The number of aromatic nitrogens is 3. The third-order valence-corrected chi connectivity index (χ3v) is 3.37. The fraction of sp³-hybridized carbons (Fsp3) is 0.714. The summed E-state index contributed by atoms with van der Waals surface area (Å²) in [7, 11) is 0. The van der Waals surface area contributed by atoms with Gasteiger partial charge >= 0.3 is 5.97 Å². The van der Waals surface area contributed by atoms with Crippen LogP contribution in [0, 0.1) is 5.92 Å². The Bertz CT molecular complexity index is 459. The first kappa shape index (κ1) is 17.1. The van der Waals surface area contributed by atoms with Crippen molar-refractivity contribution in [2.75, 3.05) is 6.54 Å². The molecule has 0 spiro atoms. The van der Waals surface area contributed by atoms with Gasteiger partial charge in [0.2, 0.25) is 5.82 Å². The molecule has 0 saturated heterocycles. The van der Waals surface area contributed by atoms with E-state index in [0.29, 0.717) is 31.1 Å². The molecule has 1 atom stereocenters. The zero-order valence-corrected chi connectivity index (χ0v) is 12.7. The third-order valence-electron chi connectivity index (χ3n) is 3.37. The van der Waals surface area contributed by atoms with E-state index in [1.165, 1.54) is 0 Å². The number of aliphatic carboxylic acids is 1. The summed E-state index contributed by atoms with van der Waals surface area (Å²) < 4.78 is 0. The maximum absolute atomic E-state index is 11.8. The Balaban J connectivity index is 2.34. The molecule has 0 fully saturated rings.